The Morgan fingerprint density at radius 3 is 2.89 bits per heavy atom. The highest BCUT2D eigenvalue weighted by atomic mass is 16.2. The molecule has 7 heteroatoms. The highest BCUT2D eigenvalue weighted by Gasteiger charge is 2.21. The maximum absolute atomic E-state index is 12.0. The number of aromatic nitrogens is 2. The van der Waals surface area contributed by atoms with Gasteiger partial charge in [0.05, 0.1) is 11.8 Å². The van der Waals surface area contributed by atoms with Crippen LogP contribution in [0.15, 0.2) is 6.20 Å². The summed E-state index contributed by atoms with van der Waals surface area (Å²) in [6.07, 6.45) is 3.47. The van der Waals surface area contributed by atoms with Crippen molar-refractivity contribution in [2.45, 2.75) is 19.8 Å². The minimum Gasteiger partial charge on any atom is -0.384 e. The third-order valence-corrected chi connectivity index (χ3v) is 3.23. The zero-order chi connectivity index (χ0) is 13.1. The van der Waals surface area contributed by atoms with Gasteiger partial charge in [-0.25, -0.2) is 4.79 Å². The van der Waals surface area contributed by atoms with E-state index in [1.165, 1.54) is 6.20 Å². The summed E-state index contributed by atoms with van der Waals surface area (Å²) < 4.78 is 0. The Labute approximate surface area is 105 Å². The first kappa shape index (κ1) is 12.4. The van der Waals surface area contributed by atoms with Gasteiger partial charge in [0.15, 0.2) is 0 Å². The molecule has 0 saturated carbocycles. The van der Waals surface area contributed by atoms with Crippen LogP contribution < -0.4 is 11.1 Å². The number of amides is 2. The van der Waals surface area contributed by atoms with E-state index in [2.05, 4.69) is 22.4 Å². The van der Waals surface area contributed by atoms with E-state index in [1.54, 1.807) is 4.90 Å². The van der Waals surface area contributed by atoms with Crippen LogP contribution in [0.3, 0.4) is 0 Å². The van der Waals surface area contributed by atoms with Gasteiger partial charge in [0, 0.05) is 13.1 Å². The number of rotatable bonds is 2. The first-order valence-corrected chi connectivity index (χ1v) is 6.01. The number of piperidine rings is 1. The molecular formula is C11H18N6O. The minimum absolute atomic E-state index is 0.119. The van der Waals surface area contributed by atoms with Crippen LogP contribution in [0.1, 0.15) is 25.3 Å². The fraction of sp³-hybridized carbons (Fsp3) is 0.545. The van der Waals surface area contributed by atoms with Gasteiger partial charge >= 0.3 is 6.03 Å². The predicted octanol–water partition coefficient (Wildman–Crippen LogP) is 0.958. The molecule has 1 aromatic heterocycles. The first-order valence-electron chi connectivity index (χ1n) is 6.01. The van der Waals surface area contributed by atoms with Gasteiger partial charge in [-0.1, -0.05) is 6.92 Å². The number of hydrogen-bond acceptors (Lipinski definition) is 3. The maximum Gasteiger partial charge on any atom is 0.323 e. The van der Waals surface area contributed by atoms with E-state index >= 15 is 0 Å². The van der Waals surface area contributed by atoms with Crippen molar-refractivity contribution in [3.05, 3.63) is 11.8 Å². The van der Waals surface area contributed by atoms with Crippen molar-refractivity contribution in [1.82, 2.24) is 15.1 Å². The monoisotopic (exact) mass is 250 g/mol. The van der Waals surface area contributed by atoms with E-state index in [0.29, 0.717) is 17.3 Å². The number of nitrogen functional groups attached to an aromatic ring is 1. The van der Waals surface area contributed by atoms with Gasteiger partial charge in [-0.05, 0) is 18.8 Å². The van der Waals surface area contributed by atoms with Crippen LogP contribution in [0.2, 0.25) is 0 Å². The molecule has 7 nitrogen and oxygen atoms in total. The summed E-state index contributed by atoms with van der Waals surface area (Å²) in [6, 6.07) is -0.173. The number of nitrogens with one attached hydrogen (secondary N) is 3. The quantitative estimate of drug-likeness (QED) is 0.463. The molecule has 2 amide bonds. The second-order valence-electron chi connectivity index (χ2n) is 4.67. The second-order valence-corrected chi connectivity index (χ2v) is 4.67. The summed E-state index contributed by atoms with van der Waals surface area (Å²) >= 11 is 0. The van der Waals surface area contributed by atoms with Crippen molar-refractivity contribution in [2.24, 2.45) is 11.7 Å². The summed E-state index contributed by atoms with van der Waals surface area (Å²) in [5.74, 6) is 0.937. The summed E-state index contributed by atoms with van der Waals surface area (Å²) in [4.78, 5) is 13.8. The zero-order valence-electron chi connectivity index (χ0n) is 10.4. The van der Waals surface area contributed by atoms with Crippen LogP contribution in [-0.4, -0.2) is 40.1 Å². The molecule has 0 unspecified atom stereocenters. The average molecular weight is 250 g/mol. The Morgan fingerprint density at radius 1 is 1.61 bits per heavy atom. The summed E-state index contributed by atoms with van der Waals surface area (Å²) in [7, 11) is 0. The van der Waals surface area contributed by atoms with E-state index in [1.807, 2.05) is 0 Å². The lowest BCUT2D eigenvalue weighted by molar-refractivity contribution is 0.186. The number of nitrogens with zero attached hydrogens (tertiary/aromatic N) is 2. The molecule has 98 valence electrons. The summed E-state index contributed by atoms with van der Waals surface area (Å²) in [5.41, 5.74) is 5.80. The van der Waals surface area contributed by atoms with Crippen molar-refractivity contribution in [3.8, 4) is 0 Å². The van der Waals surface area contributed by atoms with E-state index in [9.17, 15) is 4.79 Å². The van der Waals surface area contributed by atoms with Crippen molar-refractivity contribution in [3.63, 3.8) is 0 Å². The van der Waals surface area contributed by atoms with Gasteiger partial charge in [0.1, 0.15) is 11.7 Å². The second kappa shape index (κ2) is 5.07. The van der Waals surface area contributed by atoms with Gasteiger partial charge in [-0.15, -0.1) is 0 Å². The average Bonchev–Trinajstić information content (AvgIpc) is 2.78. The van der Waals surface area contributed by atoms with Gasteiger partial charge in [-0.2, -0.15) is 5.10 Å². The molecule has 0 aromatic carbocycles. The fourth-order valence-corrected chi connectivity index (χ4v) is 1.98. The molecule has 0 spiro atoms. The number of nitrogens with two attached hydrogens (primary N) is 1. The van der Waals surface area contributed by atoms with Crippen LogP contribution in [0, 0.1) is 11.3 Å². The van der Waals surface area contributed by atoms with Crippen LogP contribution in [0.5, 0.6) is 0 Å². The number of carbonyl (C=O) groups is 1. The number of H-pyrrole nitrogens is 1. The number of urea groups is 1. The smallest absolute Gasteiger partial charge is 0.323 e. The maximum atomic E-state index is 12.0. The Hall–Kier alpha value is -2.05. The largest absolute Gasteiger partial charge is 0.384 e. The fourth-order valence-electron chi connectivity index (χ4n) is 1.98. The molecule has 2 heterocycles. The Balaban J connectivity index is 1.98. The van der Waals surface area contributed by atoms with Gasteiger partial charge < -0.3 is 10.6 Å². The Morgan fingerprint density at radius 2 is 2.28 bits per heavy atom. The van der Waals surface area contributed by atoms with E-state index in [-0.39, 0.29) is 11.9 Å². The van der Waals surface area contributed by atoms with Crippen molar-refractivity contribution >= 4 is 17.7 Å². The Kier molecular flexibility index (Phi) is 3.50. The zero-order valence-corrected chi connectivity index (χ0v) is 10.4. The third kappa shape index (κ3) is 2.61. The first-order chi connectivity index (χ1) is 8.58. The lowest BCUT2D eigenvalue weighted by Crippen LogP contribution is -2.40. The molecule has 1 aromatic rings. The van der Waals surface area contributed by atoms with Crippen molar-refractivity contribution < 1.29 is 4.79 Å². The molecule has 18 heavy (non-hydrogen) atoms. The summed E-state index contributed by atoms with van der Waals surface area (Å²) in [6.45, 7) is 3.71. The van der Waals surface area contributed by atoms with Gasteiger partial charge in [-0.3, -0.25) is 15.8 Å². The molecule has 1 fully saturated rings. The van der Waals surface area contributed by atoms with Crippen LogP contribution in [0.4, 0.5) is 10.6 Å². The molecular weight excluding hydrogens is 232 g/mol. The van der Waals surface area contributed by atoms with Crippen LogP contribution in [0.25, 0.3) is 0 Å². The highest BCUT2D eigenvalue weighted by molar-refractivity contribution is 6.02. The van der Waals surface area contributed by atoms with Gasteiger partial charge in [0.25, 0.3) is 0 Å². The van der Waals surface area contributed by atoms with Gasteiger partial charge in [0.2, 0.25) is 0 Å². The normalized spacial score (nSPS) is 16.6. The Bertz CT molecular complexity index is 446. The molecule has 1 aliphatic rings. The van der Waals surface area contributed by atoms with E-state index in [4.69, 9.17) is 11.1 Å². The summed E-state index contributed by atoms with van der Waals surface area (Å²) in [5, 5.41) is 16.5. The lowest BCUT2D eigenvalue weighted by Gasteiger charge is -2.30. The standard InChI is InChI=1S/C11H18N6O/c1-7-2-4-17(5-3-7)11(18)15-10-8(9(12)13)6-14-16-10/h6-7H,2-5H2,1H3,(H3,12,13)(H2,14,15,16,18). The predicted molar refractivity (Wildman–Crippen MR) is 68.6 cm³/mol. The van der Waals surface area contributed by atoms with Crippen LogP contribution in [-0.2, 0) is 0 Å². The molecule has 0 bridgehead atoms. The molecule has 2 rings (SSSR count). The molecule has 0 radical (unpaired) electrons. The minimum atomic E-state index is -0.173. The molecule has 5 N–H and O–H groups in total. The number of hydrogen-bond donors (Lipinski definition) is 4. The number of aromatic amines is 1. The van der Waals surface area contributed by atoms with Crippen molar-refractivity contribution in [1.29, 1.82) is 5.41 Å². The SMILES string of the molecule is CC1CCN(C(=O)Nc2[nH]ncc2C(=N)N)CC1. The number of anilines is 1. The van der Waals surface area contributed by atoms with E-state index in [0.717, 1.165) is 25.9 Å². The lowest BCUT2D eigenvalue weighted by atomic mass is 10.00. The molecule has 1 saturated heterocycles. The van der Waals surface area contributed by atoms with Crippen molar-refractivity contribution in [2.75, 3.05) is 18.4 Å². The molecule has 0 aliphatic carbocycles. The van der Waals surface area contributed by atoms with Crippen LogP contribution >= 0.6 is 0 Å². The molecule has 0 atom stereocenters. The third-order valence-electron chi connectivity index (χ3n) is 3.23. The molecule has 1 aliphatic heterocycles. The number of likely N-dealkylation sites (tertiary alicyclic amines) is 1. The number of carbonyl (C=O) groups excluding carboxylic acids is 1. The highest BCUT2D eigenvalue weighted by Crippen LogP contribution is 2.17. The number of amidine groups is 1. The van der Waals surface area contributed by atoms with E-state index < -0.39 is 0 Å². The topological polar surface area (TPSA) is 111 Å².